The van der Waals surface area contributed by atoms with Gasteiger partial charge < -0.3 is 5.11 Å². The number of hydrogen-bond acceptors (Lipinski definition) is 2. The lowest BCUT2D eigenvalue weighted by molar-refractivity contribution is -0.129. The number of rotatable bonds is 8. The summed E-state index contributed by atoms with van der Waals surface area (Å²) in [7, 11) is 0. The van der Waals surface area contributed by atoms with Crippen molar-refractivity contribution in [2.75, 3.05) is 6.54 Å². The van der Waals surface area contributed by atoms with Crippen LogP contribution in [-0.4, -0.2) is 23.3 Å². The summed E-state index contributed by atoms with van der Waals surface area (Å²) in [5, 5.41) is 8.52. The van der Waals surface area contributed by atoms with Crippen molar-refractivity contribution in [1.82, 2.24) is 0 Å². The number of aliphatic carboxylic acids is 1. The first-order valence-electron chi connectivity index (χ1n) is 5.42. The Morgan fingerprint density at radius 1 is 1.14 bits per heavy atom. The fourth-order valence-electron chi connectivity index (χ4n) is 1.21. The van der Waals surface area contributed by atoms with E-state index in [0.717, 1.165) is 12.8 Å². The van der Waals surface area contributed by atoms with E-state index in [0.29, 0.717) is 6.54 Å². The van der Waals surface area contributed by atoms with Gasteiger partial charge in [0, 0.05) is 6.54 Å². The van der Waals surface area contributed by atoms with E-state index >= 15 is 0 Å². The normalized spacial score (nSPS) is 11.7. The molecule has 82 valence electrons. The first kappa shape index (κ1) is 13.1. The first-order valence-corrected chi connectivity index (χ1v) is 5.42. The Morgan fingerprint density at radius 2 is 1.71 bits per heavy atom. The van der Waals surface area contributed by atoms with Crippen molar-refractivity contribution in [2.45, 2.75) is 52.4 Å². The maximum Gasteiger partial charge on any atom is 0.349 e. The molecule has 0 aliphatic carbocycles. The van der Waals surface area contributed by atoms with Crippen LogP contribution in [0.1, 0.15) is 52.4 Å². The third-order valence-electron chi connectivity index (χ3n) is 2.17. The largest absolute Gasteiger partial charge is 0.477 e. The summed E-state index contributed by atoms with van der Waals surface area (Å²) >= 11 is 0. The van der Waals surface area contributed by atoms with Crippen molar-refractivity contribution < 1.29 is 9.90 Å². The molecule has 1 N–H and O–H groups in total. The van der Waals surface area contributed by atoms with E-state index in [1.807, 2.05) is 0 Å². The van der Waals surface area contributed by atoms with Crippen molar-refractivity contribution in [3.8, 4) is 0 Å². The molecule has 0 unspecified atom stereocenters. The van der Waals surface area contributed by atoms with Gasteiger partial charge in [-0.15, -0.1) is 0 Å². The van der Waals surface area contributed by atoms with Gasteiger partial charge in [-0.2, -0.15) is 0 Å². The highest BCUT2D eigenvalue weighted by molar-refractivity contribution is 6.34. The summed E-state index contributed by atoms with van der Waals surface area (Å²) < 4.78 is 0. The van der Waals surface area contributed by atoms with Gasteiger partial charge in [-0.1, -0.05) is 39.0 Å². The summed E-state index contributed by atoms with van der Waals surface area (Å²) in [5.74, 6) is -0.906. The predicted octanol–water partition coefficient (Wildman–Crippen LogP) is 2.89. The lowest BCUT2D eigenvalue weighted by Crippen LogP contribution is -2.08. The molecule has 0 aromatic rings. The fraction of sp³-hybridized carbons (Fsp3) is 0.818. The molecule has 0 rings (SSSR count). The number of carboxylic acid groups (broad SMARTS) is 1. The fourth-order valence-corrected chi connectivity index (χ4v) is 1.21. The summed E-state index contributed by atoms with van der Waals surface area (Å²) in [4.78, 5) is 14.3. The number of carboxylic acids is 1. The summed E-state index contributed by atoms with van der Waals surface area (Å²) in [6, 6.07) is 0. The number of aliphatic imine (C=N–C) groups is 1. The van der Waals surface area contributed by atoms with Gasteiger partial charge in [-0.3, -0.25) is 4.99 Å². The Balaban J connectivity index is 3.29. The maximum atomic E-state index is 10.4. The topological polar surface area (TPSA) is 49.7 Å². The highest BCUT2D eigenvalue weighted by Gasteiger charge is 1.99. The highest BCUT2D eigenvalue weighted by atomic mass is 16.4. The van der Waals surface area contributed by atoms with Gasteiger partial charge in [0.05, 0.1) is 0 Å². The predicted molar refractivity (Wildman–Crippen MR) is 59.0 cm³/mol. The minimum atomic E-state index is -0.906. The molecule has 0 saturated carbocycles. The molecule has 0 atom stereocenters. The van der Waals surface area contributed by atoms with Crippen molar-refractivity contribution in [2.24, 2.45) is 4.99 Å². The SMILES string of the molecule is CCCCCCCCN=C(C)C(=O)O. The standard InChI is InChI=1S/C11H21NO2/c1-3-4-5-6-7-8-9-12-10(2)11(13)14/h3-9H2,1-2H3,(H,13,14). The molecule has 0 aromatic heterocycles. The number of hydrogen-bond donors (Lipinski definition) is 1. The van der Waals surface area contributed by atoms with Gasteiger partial charge >= 0.3 is 5.97 Å². The van der Waals surface area contributed by atoms with E-state index < -0.39 is 5.97 Å². The van der Waals surface area contributed by atoms with Crippen LogP contribution in [0.4, 0.5) is 0 Å². The van der Waals surface area contributed by atoms with Crippen LogP contribution in [0.25, 0.3) is 0 Å². The van der Waals surface area contributed by atoms with Gasteiger partial charge in [0.2, 0.25) is 0 Å². The Kier molecular flexibility index (Phi) is 8.19. The molecule has 0 aliphatic heterocycles. The second-order valence-corrected chi connectivity index (χ2v) is 3.54. The third kappa shape index (κ3) is 7.77. The molecule has 3 heteroatoms. The van der Waals surface area contributed by atoms with Crippen molar-refractivity contribution in [1.29, 1.82) is 0 Å². The van der Waals surface area contributed by atoms with E-state index in [1.165, 1.54) is 25.7 Å². The molecule has 0 radical (unpaired) electrons. The van der Waals surface area contributed by atoms with Crippen LogP contribution in [-0.2, 0) is 4.79 Å². The molecule has 0 heterocycles. The van der Waals surface area contributed by atoms with Crippen LogP contribution in [0.3, 0.4) is 0 Å². The number of carbonyl (C=O) groups is 1. The Labute approximate surface area is 86.2 Å². The smallest absolute Gasteiger partial charge is 0.349 e. The average molecular weight is 199 g/mol. The Hall–Kier alpha value is -0.860. The van der Waals surface area contributed by atoms with Crippen LogP contribution < -0.4 is 0 Å². The van der Waals surface area contributed by atoms with E-state index in [2.05, 4.69) is 11.9 Å². The Morgan fingerprint density at radius 3 is 2.29 bits per heavy atom. The van der Waals surface area contributed by atoms with Crippen molar-refractivity contribution in [3.05, 3.63) is 0 Å². The minimum Gasteiger partial charge on any atom is -0.477 e. The van der Waals surface area contributed by atoms with E-state index in [-0.39, 0.29) is 5.71 Å². The molecule has 3 nitrogen and oxygen atoms in total. The van der Waals surface area contributed by atoms with Crippen molar-refractivity contribution in [3.63, 3.8) is 0 Å². The number of nitrogens with zero attached hydrogens (tertiary/aromatic N) is 1. The van der Waals surface area contributed by atoms with E-state index in [4.69, 9.17) is 5.11 Å². The van der Waals surface area contributed by atoms with E-state index in [1.54, 1.807) is 6.92 Å². The zero-order valence-corrected chi connectivity index (χ0v) is 9.25. The second-order valence-electron chi connectivity index (χ2n) is 3.54. The minimum absolute atomic E-state index is 0.221. The Bertz CT molecular complexity index is 188. The molecule has 0 aromatic carbocycles. The average Bonchev–Trinajstić information content (AvgIpc) is 2.16. The zero-order valence-electron chi connectivity index (χ0n) is 9.25. The molecule has 0 saturated heterocycles. The molecule has 0 fully saturated rings. The molecular formula is C11H21NO2. The molecule has 0 amide bonds. The second kappa shape index (κ2) is 8.73. The molecule has 0 spiro atoms. The van der Waals surface area contributed by atoms with Gasteiger partial charge in [-0.25, -0.2) is 4.79 Å². The summed E-state index contributed by atoms with van der Waals surface area (Å²) in [6.07, 6.45) is 7.27. The van der Waals surface area contributed by atoms with Crippen LogP contribution in [0.5, 0.6) is 0 Å². The van der Waals surface area contributed by atoms with Crippen LogP contribution >= 0.6 is 0 Å². The van der Waals surface area contributed by atoms with Crippen molar-refractivity contribution >= 4 is 11.7 Å². The van der Waals surface area contributed by atoms with Gasteiger partial charge in [0.15, 0.2) is 0 Å². The van der Waals surface area contributed by atoms with Crippen LogP contribution in [0, 0.1) is 0 Å². The summed E-state index contributed by atoms with van der Waals surface area (Å²) in [5.41, 5.74) is 0.221. The molecule has 14 heavy (non-hydrogen) atoms. The van der Waals surface area contributed by atoms with Gasteiger partial charge in [-0.05, 0) is 13.3 Å². The zero-order chi connectivity index (χ0) is 10.8. The quantitative estimate of drug-likeness (QED) is 0.482. The van der Waals surface area contributed by atoms with Crippen LogP contribution in [0.2, 0.25) is 0 Å². The highest BCUT2D eigenvalue weighted by Crippen LogP contribution is 2.04. The summed E-state index contributed by atoms with van der Waals surface area (Å²) in [6.45, 7) is 4.39. The van der Waals surface area contributed by atoms with Gasteiger partial charge in [0.1, 0.15) is 5.71 Å². The van der Waals surface area contributed by atoms with E-state index in [9.17, 15) is 4.79 Å². The molecular weight excluding hydrogens is 178 g/mol. The lowest BCUT2D eigenvalue weighted by Gasteiger charge is -1.98. The molecule has 0 aliphatic rings. The maximum absolute atomic E-state index is 10.4. The van der Waals surface area contributed by atoms with Crippen LogP contribution in [0.15, 0.2) is 4.99 Å². The number of unbranched alkanes of at least 4 members (excludes halogenated alkanes) is 5. The lowest BCUT2D eigenvalue weighted by atomic mass is 10.1. The molecule has 0 bridgehead atoms. The van der Waals surface area contributed by atoms with Gasteiger partial charge in [0.25, 0.3) is 0 Å². The first-order chi connectivity index (χ1) is 6.68. The third-order valence-corrected chi connectivity index (χ3v) is 2.17. The monoisotopic (exact) mass is 199 g/mol.